The molecule has 100 valence electrons. The zero-order valence-corrected chi connectivity index (χ0v) is 11.4. The van der Waals surface area contributed by atoms with Crippen LogP contribution in [0.3, 0.4) is 0 Å². The lowest BCUT2D eigenvalue weighted by atomic mass is 9.78. The van der Waals surface area contributed by atoms with Crippen LogP contribution in [0.25, 0.3) is 0 Å². The van der Waals surface area contributed by atoms with Crippen molar-refractivity contribution in [1.82, 2.24) is 0 Å². The van der Waals surface area contributed by atoms with Gasteiger partial charge in [-0.05, 0) is 36.5 Å². The average Bonchev–Trinajstić information content (AvgIpc) is 3.06. The highest BCUT2D eigenvalue weighted by Crippen LogP contribution is 2.47. The van der Waals surface area contributed by atoms with E-state index in [1.165, 1.54) is 11.3 Å². The Morgan fingerprint density at radius 1 is 1.37 bits per heavy atom. The number of aliphatic hydroxyl groups is 1. The van der Waals surface area contributed by atoms with Gasteiger partial charge >= 0.3 is 0 Å². The first kappa shape index (κ1) is 12.5. The Bertz CT molecular complexity index is 526. The van der Waals surface area contributed by atoms with Gasteiger partial charge in [-0.2, -0.15) is 5.26 Å². The van der Waals surface area contributed by atoms with Gasteiger partial charge in [0.2, 0.25) is 0 Å². The lowest BCUT2D eigenvalue weighted by molar-refractivity contribution is 0.0671. The summed E-state index contributed by atoms with van der Waals surface area (Å²) in [6.45, 7) is 1.04. The Labute approximate surface area is 114 Å². The fourth-order valence-electron chi connectivity index (χ4n) is 3.53. The SMILES string of the molecule is CN1CCc2cc(C(O)C3(C#N)CCCC3)ccc21. The van der Waals surface area contributed by atoms with Gasteiger partial charge in [0.05, 0.1) is 17.6 Å². The lowest BCUT2D eigenvalue weighted by Crippen LogP contribution is -2.24. The van der Waals surface area contributed by atoms with Crippen LogP contribution in [0.4, 0.5) is 5.69 Å². The first-order chi connectivity index (χ1) is 9.16. The number of likely N-dealkylation sites (N-methyl/N-ethyl adjacent to an activating group) is 1. The van der Waals surface area contributed by atoms with Crippen LogP contribution in [0.15, 0.2) is 18.2 Å². The molecule has 1 aliphatic heterocycles. The van der Waals surface area contributed by atoms with E-state index >= 15 is 0 Å². The Kier molecular flexibility index (Phi) is 2.99. The lowest BCUT2D eigenvalue weighted by Gasteiger charge is -2.27. The highest BCUT2D eigenvalue weighted by Gasteiger charge is 2.42. The van der Waals surface area contributed by atoms with Crippen LogP contribution in [-0.4, -0.2) is 18.7 Å². The number of aliphatic hydroxyl groups excluding tert-OH is 1. The molecule has 2 aliphatic rings. The van der Waals surface area contributed by atoms with Crippen molar-refractivity contribution in [2.75, 3.05) is 18.5 Å². The van der Waals surface area contributed by atoms with Crippen molar-refractivity contribution in [2.24, 2.45) is 5.41 Å². The van der Waals surface area contributed by atoms with Crippen molar-refractivity contribution in [3.63, 3.8) is 0 Å². The maximum atomic E-state index is 10.6. The monoisotopic (exact) mass is 256 g/mol. The zero-order chi connectivity index (χ0) is 13.5. The molecule has 1 atom stereocenters. The van der Waals surface area contributed by atoms with E-state index in [0.29, 0.717) is 0 Å². The second-order valence-electron chi connectivity index (χ2n) is 5.94. The number of hydrogen-bond donors (Lipinski definition) is 1. The fourth-order valence-corrected chi connectivity index (χ4v) is 3.53. The minimum atomic E-state index is -0.642. The van der Waals surface area contributed by atoms with Gasteiger partial charge in [-0.1, -0.05) is 25.0 Å². The van der Waals surface area contributed by atoms with Crippen molar-refractivity contribution in [2.45, 2.75) is 38.2 Å². The topological polar surface area (TPSA) is 47.3 Å². The van der Waals surface area contributed by atoms with Crippen molar-refractivity contribution < 1.29 is 5.11 Å². The molecule has 0 amide bonds. The van der Waals surface area contributed by atoms with E-state index in [0.717, 1.165) is 44.2 Å². The van der Waals surface area contributed by atoms with Gasteiger partial charge in [-0.15, -0.1) is 0 Å². The third kappa shape index (κ3) is 1.91. The van der Waals surface area contributed by atoms with Gasteiger partial charge in [-0.3, -0.25) is 0 Å². The first-order valence-electron chi connectivity index (χ1n) is 7.09. The number of fused-ring (bicyclic) bond motifs is 1. The standard InChI is InChI=1S/C16H20N2O/c1-18-9-6-12-10-13(4-5-14(12)18)15(19)16(11-17)7-2-3-8-16/h4-5,10,15,19H,2-3,6-9H2,1H3. The minimum absolute atomic E-state index is 0.557. The predicted octanol–water partition coefficient (Wildman–Crippen LogP) is 2.80. The summed E-state index contributed by atoms with van der Waals surface area (Å²) in [7, 11) is 2.09. The third-order valence-corrected chi connectivity index (χ3v) is 4.79. The minimum Gasteiger partial charge on any atom is -0.387 e. The zero-order valence-electron chi connectivity index (χ0n) is 11.4. The molecule has 3 rings (SSSR count). The molecule has 0 spiro atoms. The van der Waals surface area contributed by atoms with Crippen LogP contribution in [0.1, 0.15) is 42.9 Å². The Hall–Kier alpha value is -1.53. The predicted molar refractivity (Wildman–Crippen MR) is 74.9 cm³/mol. The number of hydrogen-bond acceptors (Lipinski definition) is 3. The molecule has 0 bridgehead atoms. The van der Waals surface area contributed by atoms with Crippen LogP contribution in [-0.2, 0) is 6.42 Å². The maximum absolute atomic E-state index is 10.6. The average molecular weight is 256 g/mol. The molecule has 19 heavy (non-hydrogen) atoms. The quantitative estimate of drug-likeness (QED) is 0.885. The molecular weight excluding hydrogens is 236 g/mol. The smallest absolute Gasteiger partial charge is 0.0976 e. The van der Waals surface area contributed by atoms with E-state index in [4.69, 9.17) is 0 Å². The summed E-state index contributed by atoms with van der Waals surface area (Å²) in [6.07, 6.45) is 4.14. The van der Waals surface area contributed by atoms with E-state index < -0.39 is 11.5 Å². The molecule has 1 N–H and O–H groups in total. The normalized spacial score (nSPS) is 22.1. The van der Waals surface area contributed by atoms with E-state index in [-0.39, 0.29) is 0 Å². The Morgan fingerprint density at radius 2 is 2.11 bits per heavy atom. The molecule has 1 aliphatic carbocycles. The van der Waals surface area contributed by atoms with Gasteiger partial charge in [0, 0.05) is 19.3 Å². The molecular formula is C16H20N2O. The van der Waals surface area contributed by atoms with Crippen LogP contribution in [0.5, 0.6) is 0 Å². The van der Waals surface area contributed by atoms with Crippen LogP contribution >= 0.6 is 0 Å². The molecule has 3 nitrogen and oxygen atoms in total. The van der Waals surface area contributed by atoms with Crippen molar-refractivity contribution in [1.29, 1.82) is 5.26 Å². The van der Waals surface area contributed by atoms with Crippen LogP contribution in [0, 0.1) is 16.7 Å². The van der Waals surface area contributed by atoms with Crippen molar-refractivity contribution in [3.05, 3.63) is 29.3 Å². The summed E-state index contributed by atoms with van der Waals surface area (Å²) in [6, 6.07) is 8.56. The molecule has 0 aromatic heterocycles. The van der Waals surface area contributed by atoms with Crippen LogP contribution in [0.2, 0.25) is 0 Å². The molecule has 1 unspecified atom stereocenters. The summed E-state index contributed by atoms with van der Waals surface area (Å²) >= 11 is 0. The Balaban J connectivity index is 1.93. The van der Waals surface area contributed by atoms with Gasteiger partial charge in [0.15, 0.2) is 0 Å². The van der Waals surface area contributed by atoms with Gasteiger partial charge < -0.3 is 10.0 Å². The molecule has 0 saturated heterocycles. The summed E-state index contributed by atoms with van der Waals surface area (Å²) in [4.78, 5) is 2.24. The summed E-state index contributed by atoms with van der Waals surface area (Å²) in [5.74, 6) is 0. The number of nitriles is 1. The number of benzene rings is 1. The van der Waals surface area contributed by atoms with E-state index in [1.54, 1.807) is 0 Å². The van der Waals surface area contributed by atoms with Gasteiger partial charge in [-0.25, -0.2) is 0 Å². The van der Waals surface area contributed by atoms with E-state index in [9.17, 15) is 10.4 Å². The molecule has 1 heterocycles. The molecule has 3 heteroatoms. The summed E-state index contributed by atoms with van der Waals surface area (Å²) in [5, 5.41) is 20.1. The first-order valence-corrected chi connectivity index (χ1v) is 7.09. The second-order valence-corrected chi connectivity index (χ2v) is 5.94. The fraction of sp³-hybridized carbons (Fsp3) is 0.562. The maximum Gasteiger partial charge on any atom is 0.0976 e. The highest BCUT2D eigenvalue weighted by atomic mass is 16.3. The second kappa shape index (κ2) is 4.54. The summed E-state index contributed by atoms with van der Waals surface area (Å²) in [5.41, 5.74) is 2.91. The van der Waals surface area contributed by atoms with Gasteiger partial charge in [0.1, 0.15) is 0 Å². The molecule has 0 radical (unpaired) electrons. The van der Waals surface area contributed by atoms with E-state index in [1.807, 2.05) is 6.07 Å². The molecule has 1 aromatic carbocycles. The highest BCUT2D eigenvalue weighted by molar-refractivity contribution is 5.58. The number of nitrogens with zero attached hydrogens (tertiary/aromatic N) is 2. The number of anilines is 1. The van der Waals surface area contributed by atoms with Crippen LogP contribution < -0.4 is 4.90 Å². The van der Waals surface area contributed by atoms with Gasteiger partial charge in [0.25, 0.3) is 0 Å². The molecule has 1 saturated carbocycles. The summed E-state index contributed by atoms with van der Waals surface area (Å²) < 4.78 is 0. The molecule has 1 fully saturated rings. The van der Waals surface area contributed by atoms with Crippen molar-refractivity contribution >= 4 is 5.69 Å². The van der Waals surface area contributed by atoms with Crippen molar-refractivity contribution in [3.8, 4) is 6.07 Å². The third-order valence-electron chi connectivity index (χ3n) is 4.79. The largest absolute Gasteiger partial charge is 0.387 e. The Morgan fingerprint density at radius 3 is 2.79 bits per heavy atom. The molecule has 1 aromatic rings. The van der Waals surface area contributed by atoms with E-state index in [2.05, 4.69) is 30.1 Å². The number of rotatable bonds is 2.